The van der Waals surface area contributed by atoms with Crippen molar-refractivity contribution in [2.75, 3.05) is 13.1 Å². The van der Waals surface area contributed by atoms with E-state index in [9.17, 15) is 0 Å². The van der Waals surface area contributed by atoms with Crippen LogP contribution in [0.5, 0.6) is 0 Å². The zero-order valence-corrected chi connectivity index (χ0v) is 12.4. The minimum Gasteiger partial charge on any atom is -0.330 e. The molecule has 106 valence electrons. The van der Waals surface area contributed by atoms with E-state index in [0.29, 0.717) is 12.0 Å². The van der Waals surface area contributed by atoms with Crippen molar-refractivity contribution in [3.8, 4) is 0 Å². The third-order valence-corrected chi connectivity index (χ3v) is 4.43. The Bertz CT molecular complexity index is 397. The Morgan fingerprint density at radius 1 is 1.42 bits per heavy atom. The number of aromatic nitrogens is 1. The fourth-order valence-corrected chi connectivity index (χ4v) is 3.33. The minimum absolute atomic E-state index is 0.601. The summed E-state index contributed by atoms with van der Waals surface area (Å²) in [5, 5.41) is 0.764. The molecule has 4 heteroatoms. The predicted molar refractivity (Wildman–Crippen MR) is 80.1 cm³/mol. The van der Waals surface area contributed by atoms with E-state index >= 15 is 0 Å². The van der Waals surface area contributed by atoms with Gasteiger partial charge in [0.1, 0.15) is 0 Å². The number of hydrogen-bond acceptors (Lipinski definition) is 3. The molecule has 1 aromatic rings. The lowest BCUT2D eigenvalue weighted by Crippen LogP contribution is -2.44. The van der Waals surface area contributed by atoms with Crippen LogP contribution < -0.4 is 5.73 Å². The molecule has 0 aliphatic heterocycles. The Labute approximate surface area is 121 Å². The first kappa shape index (κ1) is 14.8. The van der Waals surface area contributed by atoms with Gasteiger partial charge in [-0.05, 0) is 44.0 Å². The van der Waals surface area contributed by atoms with Gasteiger partial charge in [-0.1, -0.05) is 31.4 Å². The molecule has 2 N–H and O–H groups in total. The van der Waals surface area contributed by atoms with Crippen LogP contribution in [0.25, 0.3) is 0 Å². The Hall–Kier alpha value is -0.640. The smallest absolute Gasteiger partial charge is 0.0558 e. The van der Waals surface area contributed by atoms with E-state index < -0.39 is 0 Å². The fraction of sp³-hybridized carbons (Fsp3) is 0.667. The lowest BCUT2D eigenvalue weighted by Gasteiger charge is -2.39. The monoisotopic (exact) mass is 281 g/mol. The first-order chi connectivity index (χ1) is 9.24. The van der Waals surface area contributed by atoms with Crippen LogP contribution in [0.15, 0.2) is 18.3 Å². The first-order valence-corrected chi connectivity index (χ1v) is 7.67. The summed E-state index contributed by atoms with van der Waals surface area (Å²) in [6, 6.07) is 4.39. The van der Waals surface area contributed by atoms with Crippen LogP contribution in [0.1, 0.15) is 38.3 Å². The molecule has 1 aliphatic rings. The van der Waals surface area contributed by atoms with Crippen LogP contribution in [0.4, 0.5) is 0 Å². The molecule has 0 radical (unpaired) electrons. The molecule has 2 rings (SSSR count). The summed E-state index contributed by atoms with van der Waals surface area (Å²) < 4.78 is 0. The predicted octanol–water partition coefficient (Wildman–Crippen LogP) is 3.07. The van der Waals surface area contributed by atoms with Crippen LogP contribution >= 0.6 is 11.6 Å². The molecule has 0 spiro atoms. The van der Waals surface area contributed by atoms with Gasteiger partial charge in [0.15, 0.2) is 0 Å². The summed E-state index contributed by atoms with van der Waals surface area (Å²) >= 11 is 6.03. The molecule has 1 saturated carbocycles. The van der Waals surface area contributed by atoms with Crippen molar-refractivity contribution >= 4 is 11.6 Å². The molecule has 1 fully saturated rings. The Morgan fingerprint density at radius 2 is 2.21 bits per heavy atom. The normalized spacial score (nSPS) is 23.8. The van der Waals surface area contributed by atoms with Gasteiger partial charge in [-0.25, -0.2) is 0 Å². The molecule has 2 unspecified atom stereocenters. The highest BCUT2D eigenvalue weighted by Gasteiger charge is 2.28. The third kappa shape index (κ3) is 3.91. The third-order valence-electron chi connectivity index (χ3n) is 4.19. The molecule has 0 aromatic carbocycles. The quantitative estimate of drug-likeness (QED) is 0.902. The van der Waals surface area contributed by atoms with E-state index in [0.717, 1.165) is 30.4 Å². The molecule has 0 amide bonds. The van der Waals surface area contributed by atoms with Crippen molar-refractivity contribution in [1.29, 1.82) is 0 Å². The first-order valence-electron chi connectivity index (χ1n) is 7.29. The van der Waals surface area contributed by atoms with Crippen molar-refractivity contribution in [3.63, 3.8) is 0 Å². The van der Waals surface area contributed by atoms with Gasteiger partial charge < -0.3 is 5.73 Å². The number of pyridine rings is 1. The summed E-state index contributed by atoms with van der Waals surface area (Å²) in [7, 11) is 0. The van der Waals surface area contributed by atoms with Gasteiger partial charge in [0, 0.05) is 23.8 Å². The van der Waals surface area contributed by atoms with Crippen molar-refractivity contribution < 1.29 is 0 Å². The lowest BCUT2D eigenvalue weighted by atomic mass is 9.83. The van der Waals surface area contributed by atoms with Crippen molar-refractivity contribution in [2.45, 2.75) is 45.2 Å². The Balaban J connectivity index is 2.06. The molecule has 0 saturated heterocycles. The standard InChI is InChI=1S/C15H24ClN3/c1-2-19(11-14-9-13(16)7-8-18-14)15-6-4-3-5-12(15)10-17/h7-9,12,15H,2-6,10-11,17H2,1H3. The minimum atomic E-state index is 0.601. The van der Waals surface area contributed by atoms with Crippen LogP contribution in [0, 0.1) is 5.92 Å². The van der Waals surface area contributed by atoms with E-state index in [4.69, 9.17) is 17.3 Å². The Morgan fingerprint density at radius 3 is 2.89 bits per heavy atom. The summed E-state index contributed by atoms with van der Waals surface area (Å²) in [6.45, 7) is 4.92. The van der Waals surface area contributed by atoms with E-state index in [1.807, 2.05) is 12.1 Å². The number of nitrogens with zero attached hydrogens (tertiary/aromatic N) is 2. The maximum absolute atomic E-state index is 6.03. The highest BCUT2D eigenvalue weighted by atomic mass is 35.5. The molecule has 19 heavy (non-hydrogen) atoms. The van der Waals surface area contributed by atoms with Crippen molar-refractivity contribution in [2.24, 2.45) is 11.7 Å². The van der Waals surface area contributed by atoms with E-state index in [-0.39, 0.29) is 0 Å². The number of rotatable bonds is 5. The summed E-state index contributed by atoms with van der Waals surface area (Å²) in [5.74, 6) is 0.632. The van der Waals surface area contributed by atoms with Gasteiger partial charge in [-0.15, -0.1) is 0 Å². The van der Waals surface area contributed by atoms with Crippen LogP contribution in [0.2, 0.25) is 5.02 Å². The largest absolute Gasteiger partial charge is 0.330 e. The fourth-order valence-electron chi connectivity index (χ4n) is 3.15. The maximum Gasteiger partial charge on any atom is 0.0558 e. The molecular weight excluding hydrogens is 258 g/mol. The topological polar surface area (TPSA) is 42.2 Å². The van der Waals surface area contributed by atoms with Gasteiger partial charge >= 0.3 is 0 Å². The van der Waals surface area contributed by atoms with Gasteiger partial charge in [0.2, 0.25) is 0 Å². The highest BCUT2D eigenvalue weighted by Crippen LogP contribution is 2.28. The SMILES string of the molecule is CCN(Cc1cc(Cl)ccn1)C1CCCCC1CN. The van der Waals surface area contributed by atoms with Crippen LogP contribution in [0.3, 0.4) is 0 Å². The van der Waals surface area contributed by atoms with Gasteiger partial charge in [0.05, 0.1) is 5.69 Å². The Kier molecular flexibility index (Phi) is 5.61. The molecule has 3 nitrogen and oxygen atoms in total. The van der Waals surface area contributed by atoms with Crippen molar-refractivity contribution in [3.05, 3.63) is 29.0 Å². The van der Waals surface area contributed by atoms with Crippen molar-refractivity contribution in [1.82, 2.24) is 9.88 Å². The number of nitrogens with two attached hydrogens (primary N) is 1. The van der Waals surface area contributed by atoms with E-state index in [1.54, 1.807) is 6.20 Å². The number of halogens is 1. The van der Waals surface area contributed by atoms with Gasteiger partial charge in [0.25, 0.3) is 0 Å². The van der Waals surface area contributed by atoms with E-state index in [1.165, 1.54) is 25.7 Å². The molecule has 2 atom stereocenters. The summed E-state index contributed by atoms with van der Waals surface area (Å²) in [4.78, 5) is 6.92. The number of hydrogen-bond donors (Lipinski definition) is 1. The van der Waals surface area contributed by atoms with Crippen LogP contribution in [-0.4, -0.2) is 29.0 Å². The summed E-state index contributed by atoms with van der Waals surface area (Å²) in [5.41, 5.74) is 6.99. The highest BCUT2D eigenvalue weighted by molar-refractivity contribution is 6.30. The molecule has 1 aromatic heterocycles. The zero-order chi connectivity index (χ0) is 13.7. The molecule has 1 heterocycles. The van der Waals surface area contributed by atoms with Gasteiger partial charge in [-0.3, -0.25) is 9.88 Å². The maximum atomic E-state index is 6.03. The second-order valence-corrected chi connectivity index (χ2v) is 5.81. The molecule has 1 aliphatic carbocycles. The molecule has 0 bridgehead atoms. The second kappa shape index (κ2) is 7.22. The zero-order valence-electron chi connectivity index (χ0n) is 11.7. The average Bonchev–Trinajstić information content (AvgIpc) is 2.45. The lowest BCUT2D eigenvalue weighted by molar-refractivity contribution is 0.104. The van der Waals surface area contributed by atoms with Gasteiger partial charge in [-0.2, -0.15) is 0 Å². The average molecular weight is 282 g/mol. The second-order valence-electron chi connectivity index (χ2n) is 5.38. The summed E-state index contributed by atoms with van der Waals surface area (Å²) in [6.07, 6.45) is 6.95. The van der Waals surface area contributed by atoms with Crippen LogP contribution in [-0.2, 0) is 6.54 Å². The molecular formula is C15H24ClN3. The van der Waals surface area contributed by atoms with E-state index in [2.05, 4.69) is 16.8 Å².